The molecule has 0 aromatic heterocycles. The summed E-state index contributed by atoms with van der Waals surface area (Å²) in [5.41, 5.74) is 0.619. The van der Waals surface area contributed by atoms with Crippen LogP contribution in [0.25, 0.3) is 10.8 Å². The van der Waals surface area contributed by atoms with Crippen LogP contribution < -0.4 is 0 Å². The standard InChI is InChI=1S/C18H12N2O2S/c1-12-16(11-19)17(20(21)22)8-9-18(12)23-15-7-6-13-4-2-3-5-14(13)10-15/h2-10H,1H3. The van der Waals surface area contributed by atoms with Gasteiger partial charge in [0.1, 0.15) is 11.6 Å². The van der Waals surface area contributed by atoms with Gasteiger partial charge < -0.3 is 0 Å². The highest BCUT2D eigenvalue weighted by atomic mass is 32.2. The quantitative estimate of drug-likeness (QED) is 0.498. The number of benzene rings is 3. The molecule has 0 unspecified atom stereocenters. The lowest BCUT2D eigenvalue weighted by Gasteiger charge is -2.08. The number of nitriles is 1. The molecule has 0 amide bonds. The average Bonchev–Trinajstić information content (AvgIpc) is 2.56. The van der Waals surface area contributed by atoms with E-state index in [2.05, 4.69) is 12.1 Å². The molecule has 0 bridgehead atoms. The molecule has 3 rings (SSSR count). The maximum Gasteiger partial charge on any atom is 0.287 e. The van der Waals surface area contributed by atoms with Crippen molar-refractivity contribution in [3.05, 3.63) is 75.8 Å². The molecule has 112 valence electrons. The van der Waals surface area contributed by atoms with Crippen LogP contribution in [0.2, 0.25) is 0 Å². The molecular formula is C18H12N2O2S. The van der Waals surface area contributed by atoms with E-state index in [1.54, 1.807) is 13.0 Å². The molecule has 0 heterocycles. The Hall–Kier alpha value is -2.84. The van der Waals surface area contributed by atoms with Crippen molar-refractivity contribution >= 4 is 28.2 Å². The normalized spacial score (nSPS) is 10.4. The molecule has 3 aromatic carbocycles. The van der Waals surface area contributed by atoms with Crippen LogP contribution >= 0.6 is 11.8 Å². The van der Waals surface area contributed by atoms with Crippen molar-refractivity contribution in [2.45, 2.75) is 16.7 Å². The lowest BCUT2D eigenvalue weighted by Crippen LogP contribution is -1.96. The second-order valence-electron chi connectivity index (χ2n) is 5.06. The molecule has 3 aromatic rings. The van der Waals surface area contributed by atoms with E-state index in [0.29, 0.717) is 5.56 Å². The van der Waals surface area contributed by atoms with Gasteiger partial charge in [0, 0.05) is 15.9 Å². The minimum Gasteiger partial charge on any atom is -0.258 e. The molecule has 0 aliphatic rings. The Morgan fingerprint density at radius 3 is 2.52 bits per heavy atom. The number of fused-ring (bicyclic) bond motifs is 1. The van der Waals surface area contributed by atoms with Crippen LogP contribution in [0.1, 0.15) is 11.1 Å². The zero-order chi connectivity index (χ0) is 16.4. The molecule has 23 heavy (non-hydrogen) atoms. The Morgan fingerprint density at radius 1 is 1.09 bits per heavy atom. The highest BCUT2D eigenvalue weighted by molar-refractivity contribution is 7.99. The van der Waals surface area contributed by atoms with Crippen molar-refractivity contribution < 1.29 is 4.92 Å². The minimum absolute atomic E-state index is 0.126. The summed E-state index contributed by atoms with van der Waals surface area (Å²) >= 11 is 1.51. The van der Waals surface area contributed by atoms with Gasteiger partial charge in [-0.3, -0.25) is 10.1 Å². The van der Waals surface area contributed by atoms with Gasteiger partial charge in [-0.1, -0.05) is 42.1 Å². The van der Waals surface area contributed by atoms with Crippen molar-refractivity contribution in [2.24, 2.45) is 0 Å². The molecule has 0 aliphatic carbocycles. The number of nitro groups is 1. The van der Waals surface area contributed by atoms with E-state index in [1.807, 2.05) is 36.4 Å². The zero-order valence-corrected chi connectivity index (χ0v) is 13.1. The van der Waals surface area contributed by atoms with E-state index in [9.17, 15) is 15.4 Å². The number of hydrogen-bond donors (Lipinski definition) is 0. The van der Waals surface area contributed by atoms with Crippen molar-refractivity contribution in [3.63, 3.8) is 0 Å². The minimum atomic E-state index is -0.518. The second-order valence-corrected chi connectivity index (χ2v) is 6.18. The van der Waals surface area contributed by atoms with Gasteiger partial charge in [0.05, 0.1) is 4.92 Å². The Labute approximate surface area is 137 Å². The highest BCUT2D eigenvalue weighted by Gasteiger charge is 2.18. The summed E-state index contributed by atoms with van der Waals surface area (Å²) < 4.78 is 0. The Morgan fingerprint density at radius 2 is 1.83 bits per heavy atom. The van der Waals surface area contributed by atoms with Gasteiger partial charge in [0.25, 0.3) is 5.69 Å². The first kappa shape index (κ1) is 15.1. The van der Waals surface area contributed by atoms with Gasteiger partial charge in [-0.15, -0.1) is 0 Å². The third-order valence-electron chi connectivity index (χ3n) is 3.65. The molecule has 0 saturated carbocycles. The Bertz CT molecular complexity index is 961. The van der Waals surface area contributed by atoms with Crippen LogP contribution in [-0.2, 0) is 0 Å². The predicted molar refractivity (Wildman–Crippen MR) is 90.6 cm³/mol. The summed E-state index contributed by atoms with van der Waals surface area (Å²) in [6.07, 6.45) is 0. The van der Waals surface area contributed by atoms with Gasteiger partial charge in [-0.05, 0) is 41.5 Å². The first-order valence-corrected chi connectivity index (χ1v) is 7.76. The summed E-state index contributed by atoms with van der Waals surface area (Å²) in [6, 6.07) is 19.3. The van der Waals surface area contributed by atoms with Gasteiger partial charge in [-0.2, -0.15) is 5.26 Å². The maximum absolute atomic E-state index is 11.0. The number of rotatable bonds is 3. The molecule has 0 radical (unpaired) electrons. The van der Waals surface area contributed by atoms with Crippen molar-refractivity contribution in [3.8, 4) is 6.07 Å². The van der Waals surface area contributed by atoms with E-state index in [0.717, 1.165) is 20.6 Å². The van der Waals surface area contributed by atoms with Crippen LogP contribution in [-0.4, -0.2) is 4.92 Å². The van der Waals surface area contributed by atoms with E-state index in [1.165, 1.54) is 17.8 Å². The monoisotopic (exact) mass is 320 g/mol. The lowest BCUT2D eigenvalue weighted by molar-refractivity contribution is -0.385. The summed E-state index contributed by atoms with van der Waals surface area (Å²) in [7, 11) is 0. The molecule has 4 nitrogen and oxygen atoms in total. The molecule has 0 fully saturated rings. The van der Waals surface area contributed by atoms with Crippen molar-refractivity contribution in [1.82, 2.24) is 0 Å². The van der Waals surface area contributed by atoms with Gasteiger partial charge in [-0.25, -0.2) is 0 Å². The largest absolute Gasteiger partial charge is 0.287 e. The van der Waals surface area contributed by atoms with Crippen molar-refractivity contribution in [1.29, 1.82) is 5.26 Å². The third-order valence-corrected chi connectivity index (χ3v) is 4.80. The third kappa shape index (κ3) is 2.89. The van der Waals surface area contributed by atoms with Crippen LogP contribution in [0, 0.1) is 28.4 Å². The average molecular weight is 320 g/mol. The van der Waals surface area contributed by atoms with Crippen LogP contribution in [0.3, 0.4) is 0 Å². The van der Waals surface area contributed by atoms with Crippen LogP contribution in [0.5, 0.6) is 0 Å². The topological polar surface area (TPSA) is 66.9 Å². The zero-order valence-electron chi connectivity index (χ0n) is 12.3. The maximum atomic E-state index is 11.0. The van der Waals surface area contributed by atoms with E-state index in [-0.39, 0.29) is 11.3 Å². The molecule has 0 spiro atoms. The van der Waals surface area contributed by atoms with Crippen molar-refractivity contribution in [2.75, 3.05) is 0 Å². The first-order valence-electron chi connectivity index (χ1n) is 6.95. The molecular weight excluding hydrogens is 308 g/mol. The Kier molecular flexibility index (Phi) is 4.00. The fourth-order valence-corrected chi connectivity index (χ4v) is 3.41. The van der Waals surface area contributed by atoms with Gasteiger partial charge in [0.2, 0.25) is 0 Å². The molecule has 0 saturated heterocycles. The number of hydrogen-bond acceptors (Lipinski definition) is 4. The van der Waals surface area contributed by atoms with E-state index >= 15 is 0 Å². The molecule has 0 aliphatic heterocycles. The van der Waals surface area contributed by atoms with E-state index < -0.39 is 4.92 Å². The highest BCUT2D eigenvalue weighted by Crippen LogP contribution is 2.35. The molecule has 0 atom stereocenters. The summed E-state index contributed by atoms with van der Waals surface area (Å²) in [5.74, 6) is 0. The van der Waals surface area contributed by atoms with E-state index in [4.69, 9.17) is 0 Å². The van der Waals surface area contributed by atoms with Crippen LogP contribution in [0.4, 0.5) is 5.69 Å². The van der Waals surface area contributed by atoms with Crippen LogP contribution in [0.15, 0.2) is 64.4 Å². The SMILES string of the molecule is Cc1c(Sc2ccc3ccccc3c2)ccc([N+](=O)[O-])c1C#N. The summed E-state index contributed by atoms with van der Waals surface area (Å²) in [4.78, 5) is 12.4. The van der Waals surface area contributed by atoms with Gasteiger partial charge in [0.15, 0.2) is 0 Å². The smallest absolute Gasteiger partial charge is 0.258 e. The number of nitrogens with zero attached hydrogens (tertiary/aromatic N) is 2. The lowest BCUT2D eigenvalue weighted by atomic mass is 10.1. The first-order chi connectivity index (χ1) is 11.1. The van der Waals surface area contributed by atoms with Gasteiger partial charge >= 0.3 is 0 Å². The fourth-order valence-electron chi connectivity index (χ4n) is 2.44. The molecule has 5 heteroatoms. The molecule has 0 N–H and O–H groups in total. The Balaban J connectivity index is 2.02. The number of nitro benzene ring substituents is 1. The fraction of sp³-hybridized carbons (Fsp3) is 0.0556. The summed E-state index contributed by atoms with van der Waals surface area (Å²) in [5, 5.41) is 22.5. The second kappa shape index (κ2) is 6.11. The predicted octanol–water partition coefficient (Wildman–Crippen LogP) is 5.08. The summed E-state index contributed by atoms with van der Waals surface area (Å²) in [6.45, 7) is 1.74.